The van der Waals surface area contributed by atoms with Crippen LogP contribution >= 0.6 is 11.1 Å². The number of aliphatic hydroxyl groups excluding tert-OH is 1. The molecule has 0 saturated heterocycles. The Morgan fingerprint density at radius 2 is 2.04 bits per heavy atom. The van der Waals surface area contributed by atoms with Crippen molar-refractivity contribution in [2.45, 2.75) is 50.1 Å². The van der Waals surface area contributed by atoms with Crippen molar-refractivity contribution in [3.05, 3.63) is 12.5 Å². The molecule has 0 amide bonds. The zero-order chi connectivity index (χ0) is 16.2. The van der Waals surface area contributed by atoms with Crippen LogP contribution < -0.4 is 0 Å². The summed E-state index contributed by atoms with van der Waals surface area (Å²) in [5.41, 5.74) is -0.759. The topological polar surface area (TPSA) is 50.4 Å². The summed E-state index contributed by atoms with van der Waals surface area (Å²) < 4.78 is 41.0. The van der Waals surface area contributed by atoms with Gasteiger partial charge in [0.1, 0.15) is 11.8 Å². The molecule has 4 unspecified atom stereocenters. The fourth-order valence-corrected chi connectivity index (χ4v) is 6.43. The Kier molecular flexibility index (Phi) is 3.72. The van der Waals surface area contributed by atoms with E-state index in [-0.39, 0.29) is 18.8 Å². The molecule has 2 aliphatic carbocycles. The lowest BCUT2D eigenvalue weighted by atomic mass is 9.81. The van der Waals surface area contributed by atoms with Crippen LogP contribution in [0.15, 0.2) is 17.5 Å². The highest BCUT2D eigenvalue weighted by atomic mass is 32.2. The Balaban J connectivity index is 1.56. The third-order valence-electron chi connectivity index (χ3n) is 5.09. The first-order valence-electron chi connectivity index (χ1n) is 8.10. The average Bonchev–Trinajstić information content (AvgIpc) is 3.15. The molecule has 4 nitrogen and oxygen atoms in total. The normalized spacial score (nSPS) is 34.1. The predicted octanol–water partition coefficient (Wildman–Crippen LogP) is 3.79. The minimum atomic E-state index is -4.16. The summed E-state index contributed by atoms with van der Waals surface area (Å²) >= 11 is -1.11. The average molecular weight is 347 g/mol. The molecule has 0 radical (unpaired) electrons. The van der Waals surface area contributed by atoms with Crippen LogP contribution in [0.2, 0.25) is 0 Å². The third-order valence-corrected chi connectivity index (χ3v) is 7.72. The summed E-state index contributed by atoms with van der Waals surface area (Å²) in [5.74, 6) is -0.450. The standard InChI is InChI=1S/C15H20F3N3OS/c16-15(17,18)11-3-1-2-10(6-11)14(22)23-13(9-4-5-9)20-12-7-19-8-21(12)23/h7-11,14,22-23H,1-6H2. The first-order chi connectivity index (χ1) is 10.9. The molecule has 4 rings (SSSR count). The maximum atomic E-state index is 13.0. The summed E-state index contributed by atoms with van der Waals surface area (Å²) in [6.45, 7) is 0. The molecule has 4 atom stereocenters. The number of hydrogen-bond acceptors (Lipinski definition) is 3. The van der Waals surface area contributed by atoms with Crippen molar-refractivity contribution in [1.82, 2.24) is 8.96 Å². The third kappa shape index (κ3) is 2.80. The van der Waals surface area contributed by atoms with Gasteiger partial charge in [0.25, 0.3) is 0 Å². The van der Waals surface area contributed by atoms with Gasteiger partial charge in [-0.2, -0.15) is 13.2 Å². The van der Waals surface area contributed by atoms with Crippen molar-refractivity contribution in [2.24, 2.45) is 22.7 Å². The van der Waals surface area contributed by atoms with E-state index in [9.17, 15) is 18.3 Å². The van der Waals surface area contributed by atoms with E-state index in [2.05, 4.69) is 9.98 Å². The Hall–Kier alpha value is -1.02. The van der Waals surface area contributed by atoms with E-state index < -0.39 is 28.6 Å². The highest BCUT2D eigenvalue weighted by molar-refractivity contribution is 8.29. The van der Waals surface area contributed by atoms with Gasteiger partial charge in [-0.15, -0.1) is 11.1 Å². The lowest BCUT2D eigenvalue weighted by Crippen LogP contribution is -2.35. The van der Waals surface area contributed by atoms with Crippen LogP contribution in [0.5, 0.6) is 0 Å². The van der Waals surface area contributed by atoms with Gasteiger partial charge in [0.05, 0.1) is 17.2 Å². The summed E-state index contributed by atoms with van der Waals surface area (Å²) in [6.07, 6.45) is 2.71. The number of hydrogen-bond donors (Lipinski definition) is 2. The molecule has 8 heteroatoms. The van der Waals surface area contributed by atoms with Crippen molar-refractivity contribution in [3.8, 4) is 0 Å². The molecular weight excluding hydrogens is 327 g/mol. The number of alkyl halides is 3. The molecule has 0 spiro atoms. The molecule has 1 aliphatic heterocycles. The van der Waals surface area contributed by atoms with E-state index in [1.54, 1.807) is 12.5 Å². The first kappa shape index (κ1) is 15.5. The van der Waals surface area contributed by atoms with Crippen LogP contribution in [0.25, 0.3) is 0 Å². The van der Waals surface area contributed by atoms with Crippen LogP contribution in [0.3, 0.4) is 0 Å². The number of aromatic nitrogens is 2. The number of aliphatic imine (C=N–C) groups is 1. The van der Waals surface area contributed by atoms with Gasteiger partial charge in [-0.25, -0.2) is 9.98 Å². The maximum Gasteiger partial charge on any atom is 0.391 e. The van der Waals surface area contributed by atoms with Gasteiger partial charge in [-0.1, -0.05) is 6.42 Å². The van der Waals surface area contributed by atoms with E-state index in [1.165, 1.54) is 0 Å². The molecule has 2 saturated carbocycles. The summed E-state index contributed by atoms with van der Waals surface area (Å²) in [7, 11) is 0. The van der Waals surface area contributed by atoms with E-state index in [4.69, 9.17) is 0 Å². The second kappa shape index (κ2) is 5.51. The Labute approximate surface area is 135 Å². The van der Waals surface area contributed by atoms with Gasteiger partial charge in [-0.3, -0.25) is 3.97 Å². The van der Waals surface area contributed by atoms with Crippen molar-refractivity contribution in [2.75, 3.05) is 0 Å². The minimum absolute atomic E-state index is 0.0332. The second-order valence-corrected chi connectivity index (χ2v) is 8.87. The van der Waals surface area contributed by atoms with Crippen LogP contribution in [-0.4, -0.2) is 30.7 Å². The van der Waals surface area contributed by atoms with Gasteiger partial charge >= 0.3 is 6.18 Å². The smallest absolute Gasteiger partial charge is 0.382 e. The van der Waals surface area contributed by atoms with Gasteiger partial charge in [0, 0.05) is 5.92 Å². The molecule has 128 valence electrons. The van der Waals surface area contributed by atoms with Gasteiger partial charge in [0.15, 0.2) is 5.82 Å². The second-order valence-electron chi connectivity index (χ2n) is 6.76. The fourth-order valence-electron chi connectivity index (χ4n) is 3.68. The fraction of sp³-hybridized carbons (Fsp3) is 0.733. The van der Waals surface area contributed by atoms with Gasteiger partial charge in [0.2, 0.25) is 0 Å². The predicted molar refractivity (Wildman–Crippen MR) is 83.9 cm³/mol. The van der Waals surface area contributed by atoms with Crippen molar-refractivity contribution in [3.63, 3.8) is 0 Å². The number of aliphatic hydroxyl groups is 1. The van der Waals surface area contributed by atoms with Gasteiger partial charge in [-0.05, 0) is 38.0 Å². The lowest BCUT2D eigenvalue weighted by Gasteiger charge is -2.37. The van der Waals surface area contributed by atoms with Crippen LogP contribution in [0, 0.1) is 17.8 Å². The number of fused-ring (bicyclic) bond motifs is 1. The van der Waals surface area contributed by atoms with Crippen molar-refractivity contribution >= 4 is 21.9 Å². The van der Waals surface area contributed by atoms with E-state index in [0.29, 0.717) is 18.8 Å². The summed E-state index contributed by atoms with van der Waals surface area (Å²) in [4.78, 5) is 8.67. The molecule has 0 aromatic carbocycles. The number of thiol groups is 1. The van der Waals surface area contributed by atoms with Crippen molar-refractivity contribution < 1.29 is 18.3 Å². The van der Waals surface area contributed by atoms with E-state index >= 15 is 0 Å². The lowest BCUT2D eigenvalue weighted by molar-refractivity contribution is -0.187. The molecular formula is C15H20F3N3OS. The van der Waals surface area contributed by atoms with Gasteiger partial charge < -0.3 is 5.11 Å². The summed E-state index contributed by atoms with van der Waals surface area (Å²) in [5, 5.41) is 11.9. The highest BCUT2D eigenvalue weighted by Crippen LogP contribution is 2.55. The molecule has 3 aliphatic rings. The van der Waals surface area contributed by atoms with Crippen LogP contribution in [0.1, 0.15) is 38.5 Å². The molecule has 1 aromatic rings. The number of nitrogens with zero attached hydrogens (tertiary/aromatic N) is 3. The summed E-state index contributed by atoms with van der Waals surface area (Å²) in [6, 6.07) is 0. The molecule has 1 aromatic heterocycles. The quantitative estimate of drug-likeness (QED) is 0.818. The Morgan fingerprint density at radius 1 is 1.26 bits per heavy atom. The highest BCUT2D eigenvalue weighted by Gasteiger charge is 2.46. The Bertz CT molecular complexity index is 626. The monoisotopic (exact) mass is 347 g/mol. The largest absolute Gasteiger partial charge is 0.391 e. The molecule has 1 N–H and O–H groups in total. The number of halogens is 3. The van der Waals surface area contributed by atoms with E-state index in [0.717, 1.165) is 23.7 Å². The number of rotatable bonds is 3. The van der Waals surface area contributed by atoms with E-state index in [1.807, 2.05) is 3.97 Å². The minimum Gasteiger partial charge on any atom is -0.382 e. The van der Waals surface area contributed by atoms with Crippen LogP contribution in [0.4, 0.5) is 19.0 Å². The zero-order valence-corrected chi connectivity index (χ0v) is 13.5. The number of imidazole rings is 1. The maximum absolute atomic E-state index is 13.0. The Morgan fingerprint density at radius 3 is 2.74 bits per heavy atom. The van der Waals surface area contributed by atoms with Crippen LogP contribution in [-0.2, 0) is 0 Å². The molecule has 23 heavy (non-hydrogen) atoms. The first-order valence-corrected chi connectivity index (χ1v) is 9.46. The molecule has 2 fully saturated rings. The van der Waals surface area contributed by atoms with Crippen molar-refractivity contribution in [1.29, 1.82) is 0 Å². The SMILES string of the molecule is OC(C1CCCC(C(F)(F)F)C1)[SH]1C(C2CC2)=Nc2cncn21. The zero-order valence-electron chi connectivity index (χ0n) is 12.6. The molecule has 2 heterocycles. The molecule has 0 bridgehead atoms.